The molecule has 2 rings (SSSR count). The molecular weight excluding hydrogens is 251 g/mol. The second-order valence-electron chi connectivity index (χ2n) is 2.65. The summed E-state index contributed by atoms with van der Waals surface area (Å²) in [5.41, 5.74) is 2.73. The summed E-state index contributed by atoms with van der Waals surface area (Å²) in [4.78, 5) is 0. The van der Waals surface area contributed by atoms with Crippen LogP contribution in [0, 0.1) is 0 Å². The number of alkyl halides is 1. The third kappa shape index (κ3) is 1.29. The maximum absolute atomic E-state index is 5.57. The van der Waals surface area contributed by atoms with Gasteiger partial charge in [-0.2, -0.15) is 0 Å². The molecule has 0 saturated carbocycles. The summed E-state index contributed by atoms with van der Waals surface area (Å²) in [7, 11) is 0. The largest absolute Gasteiger partial charge is 0.368 e. The van der Waals surface area contributed by atoms with Gasteiger partial charge >= 0.3 is 0 Å². The van der Waals surface area contributed by atoms with E-state index in [0.717, 1.165) is 11.0 Å². The molecule has 0 radical (unpaired) electrons. The van der Waals surface area contributed by atoms with Gasteiger partial charge in [0.2, 0.25) is 0 Å². The molecule has 58 valence electrons. The van der Waals surface area contributed by atoms with Crippen LogP contribution in [0.4, 0.5) is 0 Å². The summed E-state index contributed by atoms with van der Waals surface area (Å²) < 4.78 is 6.62. The first-order valence-corrected chi connectivity index (χ1v) is 5.20. The Kier molecular flexibility index (Phi) is 2.13. The SMILES string of the molecule is ICC1OCc2ccccc21. The Balaban J connectivity index is 2.39. The average molecular weight is 260 g/mol. The fraction of sp³-hybridized carbons (Fsp3) is 0.333. The second-order valence-corrected chi connectivity index (χ2v) is 3.53. The van der Waals surface area contributed by atoms with Crippen LogP contribution in [0.1, 0.15) is 17.2 Å². The molecule has 1 aromatic rings. The standard InChI is InChI=1S/C9H9IO/c10-5-9-8-4-2-1-3-7(8)6-11-9/h1-4,9H,5-6H2. The number of hydrogen-bond donors (Lipinski definition) is 0. The third-order valence-corrected chi connectivity index (χ3v) is 2.78. The lowest BCUT2D eigenvalue weighted by molar-refractivity contribution is 0.0849. The van der Waals surface area contributed by atoms with Crippen molar-refractivity contribution in [3.05, 3.63) is 35.4 Å². The minimum absolute atomic E-state index is 0.340. The van der Waals surface area contributed by atoms with Crippen molar-refractivity contribution < 1.29 is 4.74 Å². The molecule has 1 heterocycles. The zero-order valence-electron chi connectivity index (χ0n) is 6.09. The van der Waals surface area contributed by atoms with Crippen molar-refractivity contribution in [1.82, 2.24) is 0 Å². The Bertz CT molecular complexity index is 259. The van der Waals surface area contributed by atoms with Gasteiger partial charge in [-0.15, -0.1) is 0 Å². The molecule has 0 amide bonds. The lowest BCUT2D eigenvalue weighted by Gasteiger charge is -2.04. The van der Waals surface area contributed by atoms with Crippen LogP contribution >= 0.6 is 22.6 Å². The van der Waals surface area contributed by atoms with Gasteiger partial charge in [0.15, 0.2) is 0 Å². The van der Waals surface area contributed by atoms with E-state index in [1.165, 1.54) is 11.1 Å². The monoisotopic (exact) mass is 260 g/mol. The average Bonchev–Trinajstić information content (AvgIpc) is 2.47. The van der Waals surface area contributed by atoms with Gasteiger partial charge < -0.3 is 4.74 Å². The predicted octanol–water partition coefficient (Wildman–Crippen LogP) is 2.69. The lowest BCUT2D eigenvalue weighted by atomic mass is 10.1. The Morgan fingerprint density at radius 2 is 2.27 bits per heavy atom. The highest BCUT2D eigenvalue weighted by molar-refractivity contribution is 14.1. The number of rotatable bonds is 1. The predicted molar refractivity (Wildman–Crippen MR) is 52.9 cm³/mol. The van der Waals surface area contributed by atoms with Gasteiger partial charge in [0.1, 0.15) is 0 Å². The Hall–Kier alpha value is -0.0900. The van der Waals surface area contributed by atoms with E-state index in [2.05, 4.69) is 46.9 Å². The van der Waals surface area contributed by atoms with Crippen molar-refractivity contribution in [2.24, 2.45) is 0 Å². The molecule has 2 heteroatoms. The van der Waals surface area contributed by atoms with E-state index in [-0.39, 0.29) is 0 Å². The number of halogens is 1. The molecule has 0 aliphatic carbocycles. The van der Waals surface area contributed by atoms with Crippen LogP contribution in [0.2, 0.25) is 0 Å². The number of hydrogen-bond acceptors (Lipinski definition) is 1. The fourth-order valence-corrected chi connectivity index (χ4v) is 2.12. The highest BCUT2D eigenvalue weighted by Gasteiger charge is 2.20. The van der Waals surface area contributed by atoms with Gasteiger partial charge in [0.05, 0.1) is 12.7 Å². The van der Waals surface area contributed by atoms with Gasteiger partial charge in [0, 0.05) is 4.43 Å². The quantitative estimate of drug-likeness (QED) is 0.557. The highest BCUT2D eigenvalue weighted by Crippen LogP contribution is 2.31. The van der Waals surface area contributed by atoms with E-state index in [1.54, 1.807) is 0 Å². The van der Waals surface area contributed by atoms with Gasteiger partial charge in [-0.25, -0.2) is 0 Å². The molecule has 0 saturated heterocycles. The maximum atomic E-state index is 5.57. The molecule has 1 nitrogen and oxygen atoms in total. The highest BCUT2D eigenvalue weighted by atomic mass is 127. The molecule has 1 aromatic carbocycles. The van der Waals surface area contributed by atoms with E-state index in [4.69, 9.17) is 4.74 Å². The molecule has 1 aliphatic heterocycles. The zero-order valence-corrected chi connectivity index (χ0v) is 8.24. The first-order chi connectivity index (χ1) is 5.42. The smallest absolute Gasteiger partial charge is 0.0922 e. The van der Waals surface area contributed by atoms with Gasteiger partial charge in [0.25, 0.3) is 0 Å². The number of ether oxygens (including phenoxy) is 1. The van der Waals surface area contributed by atoms with Gasteiger partial charge in [-0.05, 0) is 11.1 Å². The normalized spacial score (nSPS) is 21.7. The Morgan fingerprint density at radius 3 is 3.09 bits per heavy atom. The van der Waals surface area contributed by atoms with Crippen LogP contribution in [-0.4, -0.2) is 4.43 Å². The van der Waals surface area contributed by atoms with E-state index in [0.29, 0.717) is 6.10 Å². The van der Waals surface area contributed by atoms with Crippen molar-refractivity contribution in [3.63, 3.8) is 0 Å². The summed E-state index contributed by atoms with van der Waals surface area (Å²) in [6.45, 7) is 0.795. The van der Waals surface area contributed by atoms with Gasteiger partial charge in [-0.3, -0.25) is 0 Å². The van der Waals surface area contributed by atoms with Crippen LogP contribution in [0.15, 0.2) is 24.3 Å². The van der Waals surface area contributed by atoms with E-state index < -0.39 is 0 Å². The molecular formula is C9H9IO. The van der Waals surface area contributed by atoms with Crippen molar-refractivity contribution in [1.29, 1.82) is 0 Å². The summed E-state index contributed by atoms with van der Waals surface area (Å²) in [5, 5.41) is 0. The number of benzene rings is 1. The third-order valence-electron chi connectivity index (χ3n) is 1.98. The zero-order chi connectivity index (χ0) is 7.68. The molecule has 0 aromatic heterocycles. The summed E-state index contributed by atoms with van der Waals surface area (Å²) in [6, 6.07) is 8.44. The second kappa shape index (κ2) is 3.11. The molecule has 0 fully saturated rings. The van der Waals surface area contributed by atoms with Crippen LogP contribution in [0.25, 0.3) is 0 Å². The Morgan fingerprint density at radius 1 is 1.45 bits per heavy atom. The molecule has 0 bridgehead atoms. The van der Waals surface area contributed by atoms with E-state index in [1.807, 2.05) is 0 Å². The van der Waals surface area contributed by atoms with Crippen molar-refractivity contribution in [3.8, 4) is 0 Å². The fourth-order valence-electron chi connectivity index (χ4n) is 1.39. The summed E-state index contributed by atoms with van der Waals surface area (Å²) >= 11 is 2.36. The first kappa shape index (κ1) is 7.55. The van der Waals surface area contributed by atoms with Crippen LogP contribution < -0.4 is 0 Å². The van der Waals surface area contributed by atoms with Crippen LogP contribution in [0.3, 0.4) is 0 Å². The topological polar surface area (TPSA) is 9.23 Å². The van der Waals surface area contributed by atoms with E-state index >= 15 is 0 Å². The van der Waals surface area contributed by atoms with Crippen molar-refractivity contribution >= 4 is 22.6 Å². The maximum Gasteiger partial charge on any atom is 0.0922 e. The summed E-state index contributed by atoms with van der Waals surface area (Å²) in [5.74, 6) is 0. The molecule has 1 unspecified atom stereocenters. The minimum atomic E-state index is 0.340. The molecule has 11 heavy (non-hydrogen) atoms. The molecule has 1 aliphatic rings. The van der Waals surface area contributed by atoms with Crippen molar-refractivity contribution in [2.75, 3.05) is 4.43 Å². The molecule has 1 atom stereocenters. The first-order valence-electron chi connectivity index (χ1n) is 3.67. The van der Waals surface area contributed by atoms with Crippen LogP contribution in [-0.2, 0) is 11.3 Å². The Labute approximate surface area is 79.9 Å². The van der Waals surface area contributed by atoms with E-state index in [9.17, 15) is 0 Å². The number of fused-ring (bicyclic) bond motifs is 1. The lowest BCUT2D eigenvalue weighted by Crippen LogP contribution is -1.95. The van der Waals surface area contributed by atoms with Crippen molar-refractivity contribution in [2.45, 2.75) is 12.7 Å². The van der Waals surface area contributed by atoms with Crippen LogP contribution in [0.5, 0.6) is 0 Å². The van der Waals surface area contributed by atoms with Gasteiger partial charge in [-0.1, -0.05) is 46.9 Å². The summed E-state index contributed by atoms with van der Waals surface area (Å²) in [6.07, 6.45) is 0.340. The minimum Gasteiger partial charge on any atom is -0.368 e. The molecule has 0 N–H and O–H groups in total. The molecule has 0 spiro atoms.